The van der Waals surface area contributed by atoms with Crippen LogP contribution in [0.5, 0.6) is 23.0 Å². The summed E-state index contributed by atoms with van der Waals surface area (Å²) in [6, 6.07) is 22.0. The molecule has 0 amide bonds. The first kappa shape index (κ1) is 20.6. The molecule has 0 radical (unpaired) electrons. The lowest BCUT2D eigenvalue weighted by Gasteiger charge is -2.17. The minimum Gasteiger partial charge on any atom is -0.496 e. The van der Waals surface area contributed by atoms with Crippen LogP contribution >= 0.6 is 0 Å². The van der Waals surface area contributed by atoms with Crippen LogP contribution in [0.3, 0.4) is 0 Å². The lowest BCUT2D eigenvalue weighted by Crippen LogP contribution is -2.22. The van der Waals surface area contributed by atoms with E-state index in [4.69, 9.17) is 14.2 Å². The summed E-state index contributed by atoms with van der Waals surface area (Å²) in [7, 11) is 3.31. The maximum atomic E-state index is 6.10. The molecule has 2 N–H and O–H groups in total. The number of nitrogens with one attached hydrogen (secondary N) is 2. The Kier molecular flexibility index (Phi) is 6.98. The quantitative estimate of drug-likeness (QED) is 0.486. The molecule has 0 saturated carbocycles. The second-order valence-electron chi connectivity index (χ2n) is 6.96. The van der Waals surface area contributed by atoms with Gasteiger partial charge in [-0.15, -0.1) is 0 Å². The second kappa shape index (κ2) is 9.85. The summed E-state index contributed by atoms with van der Waals surface area (Å²) >= 11 is 0. The molecule has 0 aliphatic heterocycles. The van der Waals surface area contributed by atoms with E-state index in [2.05, 4.69) is 24.5 Å². The van der Waals surface area contributed by atoms with Crippen LogP contribution in [0.15, 0.2) is 66.7 Å². The minimum atomic E-state index is 0.361. The maximum Gasteiger partial charge on any atom is 0.134 e. The van der Waals surface area contributed by atoms with E-state index in [9.17, 15) is 0 Å². The van der Waals surface area contributed by atoms with Gasteiger partial charge in [-0.05, 0) is 24.3 Å². The van der Waals surface area contributed by atoms with E-state index in [0.29, 0.717) is 18.3 Å². The highest BCUT2D eigenvalue weighted by atomic mass is 16.5. The van der Waals surface area contributed by atoms with Crippen molar-refractivity contribution in [2.45, 2.75) is 26.4 Å². The van der Waals surface area contributed by atoms with Crippen LogP contribution < -0.4 is 24.8 Å². The summed E-state index contributed by atoms with van der Waals surface area (Å²) in [5, 5.41) is 6.78. The lowest BCUT2D eigenvalue weighted by atomic mass is 10.1. The molecule has 152 valence electrons. The molecule has 0 unspecified atom stereocenters. The van der Waals surface area contributed by atoms with E-state index in [0.717, 1.165) is 34.2 Å². The first-order valence-electron chi connectivity index (χ1n) is 9.67. The Hall–Kier alpha value is -3.18. The molecule has 3 rings (SSSR count). The molecule has 0 fully saturated rings. The number of rotatable bonds is 9. The largest absolute Gasteiger partial charge is 0.496 e. The van der Waals surface area contributed by atoms with Gasteiger partial charge in [0.2, 0.25) is 0 Å². The van der Waals surface area contributed by atoms with Gasteiger partial charge in [0, 0.05) is 42.2 Å². The third kappa shape index (κ3) is 5.65. The highest BCUT2D eigenvalue weighted by Gasteiger charge is 2.14. The summed E-state index contributed by atoms with van der Waals surface area (Å²) in [4.78, 5) is 0. The average molecular weight is 392 g/mol. The van der Waals surface area contributed by atoms with Gasteiger partial charge in [-0.2, -0.15) is 0 Å². The normalized spacial score (nSPS) is 10.7. The van der Waals surface area contributed by atoms with E-state index >= 15 is 0 Å². The van der Waals surface area contributed by atoms with Crippen molar-refractivity contribution in [3.05, 3.63) is 72.3 Å². The molecule has 0 atom stereocenters. The molecule has 5 nitrogen and oxygen atoms in total. The third-order valence-corrected chi connectivity index (χ3v) is 4.40. The van der Waals surface area contributed by atoms with E-state index in [1.165, 1.54) is 0 Å². The smallest absolute Gasteiger partial charge is 0.134 e. The number of hydrogen-bond donors (Lipinski definition) is 2. The van der Waals surface area contributed by atoms with E-state index in [-0.39, 0.29) is 0 Å². The van der Waals surface area contributed by atoms with Crippen LogP contribution in [0.25, 0.3) is 0 Å². The van der Waals surface area contributed by atoms with Gasteiger partial charge in [0.15, 0.2) is 0 Å². The Labute approximate surface area is 172 Å². The van der Waals surface area contributed by atoms with Crippen molar-refractivity contribution in [2.75, 3.05) is 19.5 Å². The van der Waals surface area contributed by atoms with Gasteiger partial charge >= 0.3 is 0 Å². The summed E-state index contributed by atoms with van der Waals surface area (Å²) in [5.74, 6) is 2.84. The number of benzene rings is 3. The van der Waals surface area contributed by atoms with Crippen molar-refractivity contribution in [3.8, 4) is 23.0 Å². The summed E-state index contributed by atoms with van der Waals surface area (Å²) in [6.45, 7) is 4.86. The van der Waals surface area contributed by atoms with Gasteiger partial charge < -0.3 is 24.8 Å². The highest BCUT2D eigenvalue weighted by molar-refractivity contribution is 5.61. The monoisotopic (exact) mass is 392 g/mol. The Balaban J connectivity index is 1.81. The van der Waals surface area contributed by atoms with Gasteiger partial charge in [0.25, 0.3) is 0 Å². The van der Waals surface area contributed by atoms with Crippen LogP contribution in [0.1, 0.15) is 19.4 Å². The highest BCUT2D eigenvalue weighted by Crippen LogP contribution is 2.36. The van der Waals surface area contributed by atoms with Crippen molar-refractivity contribution >= 4 is 11.4 Å². The average Bonchev–Trinajstić information content (AvgIpc) is 2.73. The van der Waals surface area contributed by atoms with E-state index < -0.39 is 0 Å². The van der Waals surface area contributed by atoms with Crippen molar-refractivity contribution in [1.29, 1.82) is 0 Å². The Morgan fingerprint density at radius 2 is 1.41 bits per heavy atom. The molecule has 0 aromatic heterocycles. The standard InChI is InChI=1S/C24H28N2O3/c1-17(2)25-16-22-23(27-3)14-21(15-24(22)28-4)29-20-12-8-11-19(13-20)26-18-9-6-5-7-10-18/h5-15,17,25-26H,16H2,1-4H3. The molecule has 0 aliphatic carbocycles. The first-order chi connectivity index (χ1) is 14.1. The maximum absolute atomic E-state index is 6.10. The topological polar surface area (TPSA) is 51.8 Å². The second-order valence-corrected chi connectivity index (χ2v) is 6.96. The summed E-state index contributed by atoms with van der Waals surface area (Å²) in [6.07, 6.45) is 0. The van der Waals surface area contributed by atoms with Gasteiger partial charge in [0.1, 0.15) is 23.0 Å². The van der Waals surface area contributed by atoms with Crippen molar-refractivity contribution in [3.63, 3.8) is 0 Å². The number of ether oxygens (including phenoxy) is 3. The minimum absolute atomic E-state index is 0.361. The Bertz CT molecular complexity index is 901. The molecule has 0 bridgehead atoms. The molecular formula is C24H28N2O3. The number of methoxy groups -OCH3 is 2. The molecule has 5 heteroatoms. The summed E-state index contributed by atoms with van der Waals surface area (Å²) in [5.41, 5.74) is 2.94. The zero-order chi connectivity index (χ0) is 20.6. The molecule has 0 heterocycles. The van der Waals surface area contributed by atoms with Crippen molar-refractivity contribution < 1.29 is 14.2 Å². The van der Waals surface area contributed by atoms with Crippen LogP contribution in [-0.2, 0) is 6.54 Å². The third-order valence-electron chi connectivity index (χ3n) is 4.40. The van der Waals surface area contributed by atoms with E-state index in [1.807, 2.05) is 66.7 Å². The van der Waals surface area contributed by atoms with Gasteiger partial charge in [-0.3, -0.25) is 0 Å². The van der Waals surface area contributed by atoms with Crippen LogP contribution in [-0.4, -0.2) is 20.3 Å². The number of anilines is 2. The van der Waals surface area contributed by atoms with Crippen LogP contribution in [0.2, 0.25) is 0 Å². The predicted molar refractivity (Wildman–Crippen MR) is 118 cm³/mol. The molecule has 0 spiro atoms. The molecule has 3 aromatic rings. The van der Waals surface area contributed by atoms with E-state index in [1.54, 1.807) is 14.2 Å². The lowest BCUT2D eigenvalue weighted by molar-refractivity contribution is 0.374. The molecule has 3 aromatic carbocycles. The van der Waals surface area contributed by atoms with Gasteiger partial charge in [0.05, 0.1) is 19.8 Å². The van der Waals surface area contributed by atoms with Crippen molar-refractivity contribution in [2.24, 2.45) is 0 Å². The fourth-order valence-corrected chi connectivity index (χ4v) is 2.96. The molecular weight excluding hydrogens is 364 g/mol. The Morgan fingerprint density at radius 1 is 0.759 bits per heavy atom. The number of para-hydroxylation sites is 1. The number of hydrogen-bond acceptors (Lipinski definition) is 5. The fourth-order valence-electron chi connectivity index (χ4n) is 2.96. The first-order valence-corrected chi connectivity index (χ1v) is 9.67. The molecule has 0 aliphatic rings. The van der Waals surface area contributed by atoms with Crippen molar-refractivity contribution in [1.82, 2.24) is 5.32 Å². The van der Waals surface area contributed by atoms with Gasteiger partial charge in [-0.25, -0.2) is 0 Å². The van der Waals surface area contributed by atoms with Gasteiger partial charge in [-0.1, -0.05) is 38.1 Å². The van der Waals surface area contributed by atoms with Crippen LogP contribution in [0, 0.1) is 0 Å². The van der Waals surface area contributed by atoms with Crippen LogP contribution in [0.4, 0.5) is 11.4 Å². The molecule has 0 saturated heterocycles. The predicted octanol–water partition coefficient (Wildman–Crippen LogP) is 5.74. The zero-order valence-electron chi connectivity index (χ0n) is 17.4. The molecule has 29 heavy (non-hydrogen) atoms. The zero-order valence-corrected chi connectivity index (χ0v) is 17.4. The summed E-state index contributed by atoms with van der Waals surface area (Å²) < 4.78 is 17.3. The SMILES string of the molecule is COc1cc(Oc2cccc(Nc3ccccc3)c2)cc(OC)c1CNC(C)C. The fraction of sp³-hybridized carbons (Fsp3) is 0.250. The Morgan fingerprint density at radius 3 is 2.03 bits per heavy atom.